The number of hydrogen-bond donors (Lipinski definition) is 2. The normalized spacial score (nSPS) is 13.3. The van der Waals surface area contributed by atoms with Gasteiger partial charge in [0.1, 0.15) is 5.75 Å². The van der Waals surface area contributed by atoms with Crippen LogP contribution in [0.1, 0.15) is 66.3 Å². The molecule has 0 aliphatic carbocycles. The molecule has 1 aliphatic rings. The van der Waals surface area contributed by atoms with Crippen molar-refractivity contribution in [3.63, 3.8) is 0 Å². The average Bonchev–Trinajstić information content (AvgIpc) is 3.35. The molecule has 1 aliphatic heterocycles. The highest BCUT2D eigenvalue weighted by Gasteiger charge is 2.30. The fourth-order valence-electron chi connectivity index (χ4n) is 4.07. The third kappa shape index (κ3) is 5.91. The summed E-state index contributed by atoms with van der Waals surface area (Å²) in [6, 6.07) is 15.8. The van der Waals surface area contributed by atoms with Crippen molar-refractivity contribution in [1.29, 1.82) is 0 Å². The van der Waals surface area contributed by atoms with Crippen molar-refractivity contribution in [1.82, 2.24) is 4.72 Å². The molecule has 3 aromatic carbocycles. The number of amides is 2. The molecule has 3 N–H and O–H groups in total. The predicted octanol–water partition coefficient (Wildman–Crippen LogP) is 4.22. The zero-order valence-electron chi connectivity index (χ0n) is 21.4. The molecular weight excluding hydrogens is 508 g/mol. The van der Waals surface area contributed by atoms with Crippen LogP contribution in [0.5, 0.6) is 17.2 Å². The van der Waals surface area contributed by atoms with Crippen molar-refractivity contribution in [3.05, 3.63) is 82.9 Å². The first-order valence-electron chi connectivity index (χ1n) is 12.2. The second kappa shape index (κ2) is 11.1. The number of benzene rings is 3. The summed E-state index contributed by atoms with van der Waals surface area (Å²) >= 11 is 0. The van der Waals surface area contributed by atoms with Crippen LogP contribution < -0.4 is 24.7 Å². The summed E-state index contributed by atoms with van der Waals surface area (Å²) < 4.78 is 45.3. The minimum absolute atomic E-state index is 0.0342. The van der Waals surface area contributed by atoms with E-state index in [4.69, 9.17) is 19.9 Å². The van der Waals surface area contributed by atoms with Crippen LogP contribution >= 0.6 is 0 Å². The van der Waals surface area contributed by atoms with E-state index in [1.165, 1.54) is 18.2 Å². The number of carbonyl (C=O) groups is 2. The molecule has 9 nitrogen and oxygen atoms in total. The maximum Gasteiger partial charge on any atom is 0.279 e. The zero-order valence-corrected chi connectivity index (χ0v) is 22.2. The first-order valence-corrected chi connectivity index (χ1v) is 13.7. The second-order valence-corrected chi connectivity index (χ2v) is 10.9. The minimum Gasteiger partial charge on any atom is -0.475 e. The van der Waals surface area contributed by atoms with E-state index >= 15 is 0 Å². The minimum atomic E-state index is -4.19. The van der Waals surface area contributed by atoms with E-state index in [0.717, 1.165) is 12.0 Å². The van der Waals surface area contributed by atoms with Crippen LogP contribution in [-0.2, 0) is 21.2 Å². The number of ether oxygens (including phenoxy) is 3. The van der Waals surface area contributed by atoms with Crippen molar-refractivity contribution < 1.29 is 32.2 Å². The number of nitrogens with two attached hydrogens (primary N) is 1. The van der Waals surface area contributed by atoms with Gasteiger partial charge in [-0.3, -0.25) is 9.59 Å². The number of fused-ring (bicyclic) bond motifs is 1. The van der Waals surface area contributed by atoms with Gasteiger partial charge in [-0.05, 0) is 65.9 Å². The van der Waals surface area contributed by atoms with Gasteiger partial charge in [0.2, 0.25) is 18.8 Å². The van der Waals surface area contributed by atoms with Gasteiger partial charge in [-0.15, -0.1) is 0 Å². The number of aryl methyl sites for hydroxylation is 1. The van der Waals surface area contributed by atoms with Crippen LogP contribution in [0.15, 0.2) is 65.6 Å². The summed E-state index contributed by atoms with van der Waals surface area (Å²) in [4.78, 5) is 25.2. The van der Waals surface area contributed by atoms with Gasteiger partial charge in [0.05, 0.1) is 4.90 Å². The molecule has 200 valence electrons. The van der Waals surface area contributed by atoms with Crippen molar-refractivity contribution in [2.45, 2.75) is 50.5 Å². The number of primary amides is 1. The molecule has 0 radical (unpaired) electrons. The average molecular weight is 539 g/mol. The molecule has 38 heavy (non-hydrogen) atoms. The molecule has 10 heteroatoms. The van der Waals surface area contributed by atoms with E-state index in [0.29, 0.717) is 40.4 Å². The lowest BCUT2D eigenvalue weighted by Gasteiger charge is -2.21. The van der Waals surface area contributed by atoms with Crippen LogP contribution in [0.2, 0.25) is 0 Å². The van der Waals surface area contributed by atoms with E-state index in [1.807, 2.05) is 20.8 Å². The maximum absolute atomic E-state index is 13.5. The highest BCUT2D eigenvalue weighted by molar-refractivity contribution is 7.90. The van der Waals surface area contributed by atoms with E-state index in [2.05, 4.69) is 4.72 Å². The summed E-state index contributed by atoms with van der Waals surface area (Å²) in [5.74, 6) is -0.0133. The van der Waals surface area contributed by atoms with E-state index in [9.17, 15) is 18.0 Å². The van der Waals surface area contributed by atoms with Crippen LogP contribution in [0, 0.1) is 0 Å². The van der Waals surface area contributed by atoms with Crippen molar-refractivity contribution in [3.8, 4) is 17.2 Å². The van der Waals surface area contributed by atoms with Gasteiger partial charge in [0.15, 0.2) is 11.5 Å². The highest BCUT2D eigenvalue weighted by Crippen LogP contribution is 2.36. The smallest absolute Gasteiger partial charge is 0.279 e. The Morgan fingerprint density at radius 2 is 1.66 bits per heavy atom. The third-order valence-electron chi connectivity index (χ3n) is 6.14. The van der Waals surface area contributed by atoms with Crippen molar-refractivity contribution in [2.24, 2.45) is 5.73 Å². The van der Waals surface area contributed by atoms with E-state index in [1.54, 1.807) is 42.5 Å². The first kappa shape index (κ1) is 27.0. The van der Waals surface area contributed by atoms with Crippen molar-refractivity contribution in [2.75, 3.05) is 6.79 Å². The molecule has 0 saturated carbocycles. The van der Waals surface area contributed by atoms with Crippen LogP contribution in [-0.4, -0.2) is 27.0 Å². The molecule has 0 spiro atoms. The lowest BCUT2D eigenvalue weighted by atomic mass is 10.0. The Labute approximate surface area is 222 Å². The summed E-state index contributed by atoms with van der Waals surface area (Å²) in [5.41, 5.74) is 7.73. The molecular formula is C28H30N2O7S. The Morgan fingerprint density at radius 3 is 2.32 bits per heavy atom. The molecule has 3 aromatic rings. The summed E-state index contributed by atoms with van der Waals surface area (Å²) in [5, 5.41) is 0. The first-order chi connectivity index (χ1) is 18.1. The quantitative estimate of drug-likeness (QED) is 0.395. The molecule has 0 saturated heterocycles. The Balaban J connectivity index is 1.69. The highest BCUT2D eigenvalue weighted by atomic mass is 32.2. The van der Waals surface area contributed by atoms with Gasteiger partial charge >= 0.3 is 0 Å². The number of carbonyl (C=O) groups excluding carboxylic acids is 2. The number of nitrogens with one attached hydrogen (secondary N) is 1. The molecule has 1 heterocycles. The van der Waals surface area contributed by atoms with Crippen LogP contribution in [0.3, 0.4) is 0 Å². The molecule has 0 aromatic heterocycles. The number of hydrogen-bond acceptors (Lipinski definition) is 7. The Bertz CT molecular complexity index is 1450. The molecule has 0 bridgehead atoms. The molecule has 1 atom stereocenters. The molecule has 0 fully saturated rings. The molecule has 2 amide bonds. The lowest BCUT2D eigenvalue weighted by Crippen LogP contribution is -2.37. The van der Waals surface area contributed by atoms with Crippen LogP contribution in [0.25, 0.3) is 0 Å². The maximum atomic E-state index is 13.5. The fourth-order valence-corrected chi connectivity index (χ4v) is 5.05. The number of sulfonamides is 1. The summed E-state index contributed by atoms with van der Waals surface area (Å²) in [6.07, 6.45) is -0.0728. The summed E-state index contributed by atoms with van der Waals surface area (Å²) in [6.45, 7) is 6.00. The number of rotatable bonds is 10. The third-order valence-corrected chi connectivity index (χ3v) is 7.50. The Hall–Kier alpha value is -4.05. The Morgan fingerprint density at radius 1 is 0.974 bits per heavy atom. The van der Waals surface area contributed by atoms with Gasteiger partial charge in [-0.2, -0.15) is 0 Å². The van der Waals surface area contributed by atoms with E-state index in [-0.39, 0.29) is 17.6 Å². The zero-order chi connectivity index (χ0) is 27.4. The van der Waals surface area contributed by atoms with Gasteiger partial charge in [0.25, 0.3) is 15.9 Å². The second-order valence-electron chi connectivity index (χ2n) is 9.24. The van der Waals surface area contributed by atoms with Gasteiger partial charge in [-0.25, -0.2) is 13.1 Å². The van der Waals surface area contributed by atoms with Crippen molar-refractivity contribution >= 4 is 21.8 Å². The van der Waals surface area contributed by atoms with Gasteiger partial charge in [0, 0.05) is 11.1 Å². The predicted molar refractivity (Wildman–Crippen MR) is 141 cm³/mol. The van der Waals surface area contributed by atoms with E-state index < -0.39 is 27.9 Å². The van der Waals surface area contributed by atoms with Gasteiger partial charge in [-0.1, -0.05) is 45.4 Å². The topological polar surface area (TPSA) is 134 Å². The monoisotopic (exact) mass is 538 g/mol. The fraction of sp³-hybridized carbons (Fsp3) is 0.286. The van der Waals surface area contributed by atoms with Crippen LogP contribution in [0.4, 0.5) is 0 Å². The SMILES string of the molecule is CCCc1cc(C(N)=O)ccc1OC(C(=O)NS(=O)(=O)c1ccc(C(C)C)cc1)c1ccc2c(c1)OCO2. The summed E-state index contributed by atoms with van der Waals surface area (Å²) in [7, 11) is -4.19. The lowest BCUT2D eigenvalue weighted by molar-refractivity contribution is -0.126. The van der Waals surface area contributed by atoms with Gasteiger partial charge < -0.3 is 19.9 Å². The largest absolute Gasteiger partial charge is 0.475 e. The molecule has 4 rings (SSSR count). The molecule has 1 unspecified atom stereocenters. The standard InChI is InChI=1S/C28H30N2O7S/c1-4-5-19-14-21(27(29)31)9-12-23(19)37-26(20-8-13-24-25(15-20)36-16-35-24)28(32)30-38(33,34)22-10-6-18(7-11-22)17(2)3/h6-15,17,26H,4-5,16H2,1-3H3,(H2,29,31)(H,30,32). The Kier molecular flexibility index (Phi) is 7.91.